The van der Waals surface area contributed by atoms with Crippen molar-refractivity contribution in [2.24, 2.45) is 0 Å². The number of aryl methyl sites for hydroxylation is 1. The van der Waals surface area contributed by atoms with Gasteiger partial charge < -0.3 is 14.4 Å². The number of rotatable bonds is 3. The summed E-state index contributed by atoms with van der Waals surface area (Å²) in [5.74, 6) is 1.63. The second-order valence-electron chi connectivity index (χ2n) is 7.14. The molecule has 8 heteroatoms. The van der Waals surface area contributed by atoms with Gasteiger partial charge in [0.05, 0.1) is 0 Å². The lowest BCUT2D eigenvalue weighted by Gasteiger charge is -2.36. The van der Waals surface area contributed by atoms with Crippen LogP contribution in [-0.4, -0.2) is 61.1 Å². The summed E-state index contributed by atoms with van der Waals surface area (Å²) in [5, 5.41) is 4.28. The number of fused-ring (bicyclic) bond motifs is 1. The fourth-order valence-corrected chi connectivity index (χ4v) is 3.74. The Bertz CT molecular complexity index is 1140. The minimum absolute atomic E-state index is 0.0699. The van der Waals surface area contributed by atoms with Crippen molar-refractivity contribution < 1.29 is 4.79 Å². The van der Waals surface area contributed by atoms with Gasteiger partial charge in [0.25, 0.3) is 11.7 Å². The largest absolute Gasteiger partial charge is 0.353 e. The highest BCUT2D eigenvalue weighted by Crippen LogP contribution is 2.19. The van der Waals surface area contributed by atoms with Crippen LogP contribution in [0.25, 0.3) is 11.5 Å². The highest BCUT2D eigenvalue weighted by molar-refractivity contribution is 5.94. The molecule has 8 nitrogen and oxygen atoms in total. The van der Waals surface area contributed by atoms with E-state index in [9.17, 15) is 4.79 Å². The highest BCUT2D eigenvalue weighted by Gasteiger charge is 2.24. The van der Waals surface area contributed by atoms with Crippen LogP contribution in [0.5, 0.6) is 0 Å². The van der Waals surface area contributed by atoms with Crippen LogP contribution in [0.4, 0.5) is 5.82 Å². The van der Waals surface area contributed by atoms with Crippen molar-refractivity contribution in [2.75, 3.05) is 31.1 Å². The number of aromatic nitrogens is 5. The van der Waals surface area contributed by atoms with Gasteiger partial charge in [-0.25, -0.2) is 4.98 Å². The lowest BCUT2D eigenvalue weighted by atomic mass is 10.1. The predicted octanol–water partition coefficient (Wildman–Crippen LogP) is 2.19. The highest BCUT2D eigenvalue weighted by atomic mass is 16.2. The molecule has 1 aliphatic heterocycles. The first-order chi connectivity index (χ1) is 14.2. The zero-order valence-electron chi connectivity index (χ0n) is 16.1. The lowest BCUT2D eigenvalue weighted by molar-refractivity contribution is 0.0746. The Morgan fingerprint density at radius 1 is 1.00 bits per heavy atom. The molecule has 0 radical (unpaired) electrons. The molecule has 29 heavy (non-hydrogen) atoms. The van der Waals surface area contributed by atoms with Gasteiger partial charge in [0.1, 0.15) is 12.1 Å². The quantitative estimate of drug-likeness (QED) is 0.539. The molecule has 1 saturated heterocycles. The number of carbonyl (C=O) groups excluding carboxylic acids is 1. The van der Waals surface area contributed by atoms with Gasteiger partial charge in [-0.1, -0.05) is 0 Å². The molecule has 4 aromatic rings. The molecule has 0 spiro atoms. The Labute approximate surface area is 168 Å². The van der Waals surface area contributed by atoms with Crippen LogP contribution >= 0.6 is 0 Å². The Morgan fingerprint density at radius 3 is 2.45 bits per heavy atom. The zero-order valence-corrected chi connectivity index (χ0v) is 16.1. The maximum absolute atomic E-state index is 12.9. The number of hydrogen-bond donors (Lipinski definition) is 0. The van der Waals surface area contributed by atoms with Crippen molar-refractivity contribution >= 4 is 17.5 Å². The lowest BCUT2D eigenvalue weighted by Crippen LogP contribution is -2.49. The molecule has 0 unspecified atom stereocenters. The Hall–Kier alpha value is -3.68. The smallest absolute Gasteiger partial charge is 0.254 e. The molecular formula is C21H21N7O. The summed E-state index contributed by atoms with van der Waals surface area (Å²) in [6.45, 7) is 4.76. The molecule has 0 atom stereocenters. The molecule has 1 fully saturated rings. The van der Waals surface area contributed by atoms with Gasteiger partial charge in [-0.05, 0) is 43.3 Å². The number of carbonyl (C=O) groups is 1. The first kappa shape index (κ1) is 17.4. The number of nitrogens with zero attached hydrogens (tertiary/aromatic N) is 7. The number of benzene rings is 1. The van der Waals surface area contributed by atoms with E-state index in [-0.39, 0.29) is 5.91 Å². The fourth-order valence-electron chi connectivity index (χ4n) is 3.74. The van der Waals surface area contributed by atoms with Gasteiger partial charge in [-0.3, -0.25) is 4.79 Å². The van der Waals surface area contributed by atoms with E-state index < -0.39 is 0 Å². The van der Waals surface area contributed by atoms with Gasteiger partial charge in [-0.2, -0.15) is 14.6 Å². The molecule has 5 rings (SSSR count). The summed E-state index contributed by atoms with van der Waals surface area (Å²) in [5.41, 5.74) is 2.66. The van der Waals surface area contributed by atoms with Crippen LogP contribution in [-0.2, 0) is 0 Å². The standard InChI is InChI=1S/C21H21N7O/c1-16-14-19(28-21(24-16)22-15-23-28)26-10-12-27(13-11-26)20(29)17-4-6-18(7-5-17)25-8-2-3-9-25/h2-9,14-15H,10-13H2,1H3. The topological polar surface area (TPSA) is 71.6 Å². The third kappa shape index (κ3) is 3.22. The molecule has 146 valence electrons. The Kier molecular flexibility index (Phi) is 4.23. The fraction of sp³-hybridized carbons (Fsp3) is 0.238. The minimum atomic E-state index is 0.0699. The maximum Gasteiger partial charge on any atom is 0.254 e. The Balaban J connectivity index is 1.29. The summed E-state index contributed by atoms with van der Waals surface area (Å²) in [6.07, 6.45) is 5.49. The van der Waals surface area contributed by atoms with E-state index in [1.54, 1.807) is 4.52 Å². The zero-order chi connectivity index (χ0) is 19.8. The van der Waals surface area contributed by atoms with Crippen molar-refractivity contribution in [3.8, 4) is 5.69 Å². The van der Waals surface area contributed by atoms with E-state index in [0.29, 0.717) is 24.4 Å². The summed E-state index contributed by atoms with van der Waals surface area (Å²) >= 11 is 0. The van der Waals surface area contributed by atoms with Gasteiger partial charge in [0.2, 0.25) is 0 Å². The average molecular weight is 387 g/mol. The van der Waals surface area contributed by atoms with Crippen LogP contribution in [0.2, 0.25) is 0 Å². The van der Waals surface area contributed by atoms with Gasteiger partial charge in [0, 0.05) is 61.6 Å². The SMILES string of the molecule is Cc1cc(N2CCN(C(=O)c3ccc(-n4cccc4)cc3)CC2)n2ncnc2n1. The Morgan fingerprint density at radius 2 is 1.72 bits per heavy atom. The molecule has 0 aliphatic carbocycles. The van der Waals surface area contributed by atoms with Crippen molar-refractivity contribution in [1.29, 1.82) is 0 Å². The van der Waals surface area contributed by atoms with Crippen LogP contribution in [0, 0.1) is 6.92 Å². The van der Waals surface area contributed by atoms with Crippen molar-refractivity contribution in [3.63, 3.8) is 0 Å². The number of piperazine rings is 1. The third-order valence-electron chi connectivity index (χ3n) is 5.27. The van der Waals surface area contributed by atoms with Gasteiger partial charge >= 0.3 is 0 Å². The van der Waals surface area contributed by atoms with E-state index in [1.165, 1.54) is 6.33 Å². The molecule has 0 N–H and O–H groups in total. The molecule has 3 aromatic heterocycles. The van der Waals surface area contributed by atoms with Crippen LogP contribution in [0.1, 0.15) is 16.1 Å². The minimum Gasteiger partial charge on any atom is -0.353 e. The molecule has 0 bridgehead atoms. The van der Waals surface area contributed by atoms with Gasteiger partial charge in [0.15, 0.2) is 0 Å². The molecule has 1 aliphatic rings. The van der Waals surface area contributed by atoms with Crippen molar-refractivity contribution in [2.45, 2.75) is 6.92 Å². The van der Waals surface area contributed by atoms with Crippen LogP contribution < -0.4 is 4.90 Å². The molecule has 1 amide bonds. The number of hydrogen-bond acceptors (Lipinski definition) is 5. The second-order valence-corrected chi connectivity index (χ2v) is 7.14. The van der Waals surface area contributed by atoms with Crippen molar-refractivity contribution in [1.82, 2.24) is 29.0 Å². The summed E-state index contributed by atoms with van der Waals surface area (Å²) < 4.78 is 3.78. The van der Waals surface area contributed by atoms with Crippen LogP contribution in [0.15, 0.2) is 61.2 Å². The van der Waals surface area contributed by atoms with Gasteiger partial charge in [-0.15, -0.1) is 0 Å². The van der Waals surface area contributed by atoms with E-state index in [1.807, 2.05) is 71.2 Å². The number of anilines is 1. The van der Waals surface area contributed by atoms with E-state index >= 15 is 0 Å². The van der Waals surface area contributed by atoms with Crippen LogP contribution in [0.3, 0.4) is 0 Å². The summed E-state index contributed by atoms with van der Waals surface area (Å²) in [4.78, 5) is 25.7. The summed E-state index contributed by atoms with van der Waals surface area (Å²) in [6, 6.07) is 13.7. The summed E-state index contributed by atoms with van der Waals surface area (Å²) in [7, 11) is 0. The maximum atomic E-state index is 12.9. The van der Waals surface area contributed by atoms with E-state index in [0.717, 1.165) is 30.3 Å². The molecule has 4 heterocycles. The monoisotopic (exact) mass is 387 g/mol. The number of amides is 1. The predicted molar refractivity (Wildman–Crippen MR) is 109 cm³/mol. The van der Waals surface area contributed by atoms with Crippen molar-refractivity contribution in [3.05, 3.63) is 72.4 Å². The van der Waals surface area contributed by atoms with E-state index in [2.05, 4.69) is 20.0 Å². The first-order valence-corrected chi connectivity index (χ1v) is 9.64. The molecule has 0 saturated carbocycles. The average Bonchev–Trinajstić information content (AvgIpc) is 3.45. The molecule has 1 aromatic carbocycles. The first-order valence-electron chi connectivity index (χ1n) is 9.64. The molecular weight excluding hydrogens is 366 g/mol. The normalized spacial score (nSPS) is 14.5. The third-order valence-corrected chi connectivity index (χ3v) is 5.27. The second kappa shape index (κ2) is 7.05. The van der Waals surface area contributed by atoms with E-state index in [4.69, 9.17) is 0 Å².